The molecule has 0 aliphatic heterocycles. The zero-order chi connectivity index (χ0) is 8.39. The van der Waals surface area contributed by atoms with E-state index in [0.29, 0.717) is 16.5 Å². The van der Waals surface area contributed by atoms with Gasteiger partial charge in [-0.2, -0.15) is 4.98 Å². The van der Waals surface area contributed by atoms with E-state index in [9.17, 15) is 0 Å². The maximum Gasteiger partial charge on any atom is 0.222 e. The molecule has 2 heterocycles. The van der Waals surface area contributed by atoms with Crippen LogP contribution in [-0.4, -0.2) is 15.1 Å². The Morgan fingerprint density at radius 2 is 2.25 bits per heavy atom. The summed E-state index contributed by atoms with van der Waals surface area (Å²) in [6.07, 6.45) is 2.86. The van der Waals surface area contributed by atoms with Gasteiger partial charge in [-0.3, -0.25) is 4.98 Å². The third kappa shape index (κ3) is 1.16. The van der Waals surface area contributed by atoms with E-state index >= 15 is 0 Å². The minimum atomic E-state index is 0.403. The normalized spacial score (nSPS) is 10.1. The van der Waals surface area contributed by atoms with Gasteiger partial charge >= 0.3 is 0 Å². The molecule has 0 N–H and O–H groups in total. The van der Waals surface area contributed by atoms with Crippen LogP contribution in [-0.2, 0) is 0 Å². The number of halogens is 1. The maximum absolute atomic E-state index is 5.83. The summed E-state index contributed by atoms with van der Waals surface area (Å²) in [6, 6.07) is 3.46. The van der Waals surface area contributed by atoms with Gasteiger partial charge < -0.3 is 4.52 Å². The van der Waals surface area contributed by atoms with Gasteiger partial charge in [-0.15, -0.1) is 0 Å². The van der Waals surface area contributed by atoms with Crippen molar-refractivity contribution < 1.29 is 4.52 Å². The second-order valence-corrected chi connectivity index (χ2v) is 2.50. The molecule has 0 atom stereocenters. The van der Waals surface area contributed by atoms with E-state index in [1.54, 1.807) is 18.3 Å². The third-order valence-electron chi connectivity index (χ3n) is 1.33. The van der Waals surface area contributed by atoms with Gasteiger partial charge in [-0.05, 0) is 12.1 Å². The Bertz CT molecular complexity index is 374. The van der Waals surface area contributed by atoms with Crippen LogP contribution in [0, 0.1) is 0 Å². The molecule has 0 saturated heterocycles. The average Bonchev–Trinajstić information content (AvgIpc) is 2.57. The molecule has 0 bridgehead atoms. The van der Waals surface area contributed by atoms with E-state index in [1.165, 1.54) is 6.39 Å². The Morgan fingerprint density at radius 1 is 1.33 bits per heavy atom. The average molecular weight is 182 g/mol. The van der Waals surface area contributed by atoms with Crippen LogP contribution >= 0.6 is 11.6 Å². The number of rotatable bonds is 1. The Labute approximate surface area is 73.2 Å². The molecule has 0 aliphatic rings. The minimum Gasteiger partial charge on any atom is -0.342 e. The maximum atomic E-state index is 5.83. The van der Waals surface area contributed by atoms with Gasteiger partial charge in [-0.25, -0.2) is 0 Å². The van der Waals surface area contributed by atoms with Crippen molar-refractivity contribution in [1.29, 1.82) is 0 Å². The van der Waals surface area contributed by atoms with Crippen molar-refractivity contribution in [3.05, 3.63) is 29.7 Å². The van der Waals surface area contributed by atoms with Crippen LogP contribution in [0.1, 0.15) is 0 Å². The largest absolute Gasteiger partial charge is 0.342 e. The van der Waals surface area contributed by atoms with Crippen LogP contribution in [0.5, 0.6) is 0 Å². The van der Waals surface area contributed by atoms with Gasteiger partial charge in [-0.1, -0.05) is 16.8 Å². The van der Waals surface area contributed by atoms with Gasteiger partial charge in [0.1, 0.15) is 5.69 Å². The van der Waals surface area contributed by atoms with Crippen molar-refractivity contribution in [3.8, 4) is 11.5 Å². The number of pyridine rings is 1. The molecule has 0 unspecified atom stereocenters. The Morgan fingerprint density at radius 3 is 2.92 bits per heavy atom. The summed E-state index contributed by atoms with van der Waals surface area (Å²) in [6.45, 7) is 0. The lowest BCUT2D eigenvalue weighted by Gasteiger charge is -1.94. The highest BCUT2D eigenvalue weighted by Crippen LogP contribution is 2.20. The predicted molar refractivity (Wildman–Crippen MR) is 42.5 cm³/mol. The Kier molecular flexibility index (Phi) is 1.75. The van der Waals surface area contributed by atoms with Crippen LogP contribution in [0.2, 0.25) is 5.02 Å². The summed E-state index contributed by atoms with van der Waals surface area (Å²) in [5.41, 5.74) is 0.535. The predicted octanol–water partition coefficient (Wildman–Crippen LogP) is 1.78. The van der Waals surface area contributed by atoms with Gasteiger partial charge in [0.15, 0.2) is 0 Å². The summed E-state index contributed by atoms with van der Waals surface area (Å²) in [5.74, 6) is 0.403. The zero-order valence-corrected chi connectivity index (χ0v) is 6.69. The highest BCUT2D eigenvalue weighted by Gasteiger charge is 2.07. The van der Waals surface area contributed by atoms with Crippen molar-refractivity contribution >= 4 is 11.6 Å². The summed E-state index contributed by atoms with van der Waals surface area (Å²) in [7, 11) is 0. The van der Waals surface area contributed by atoms with Crippen LogP contribution in [0.25, 0.3) is 11.5 Å². The first kappa shape index (κ1) is 7.24. The molecule has 2 rings (SSSR count). The Balaban J connectivity index is 2.55. The molecule has 5 heteroatoms. The third-order valence-corrected chi connectivity index (χ3v) is 1.64. The lowest BCUT2D eigenvalue weighted by atomic mass is 10.3. The molecule has 2 aromatic rings. The lowest BCUT2D eigenvalue weighted by molar-refractivity contribution is 0.418. The van der Waals surface area contributed by atoms with Crippen LogP contribution < -0.4 is 0 Å². The molecular formula is C7H4ClN3O. The quantitative estimate of drug-likeness (QED) is 0.673. The topological polar surface area (TPSA) is 51.8 Å². The molecule has 12 heavy (non-hydrogen) atoms. The number of nitrogens with zero attached hydrogens (tertiary/aromatic N) is 3. The van der Waals surface area contributed by atoms with Crippen LogP contribution in [0.15, 0.2) is 29.2 Å². The smallest absolute Gasteiger partial charge is 0.222 e. The molecule has 0 amide bonds. The van der Waals surface area contributed by atoms with Crippen LogP contribution in [0.3, 0.4) is 0 Å². The van der Waals surface area contributed by atoms with Gasteiger partial charge in [0, 0.05) is 6.20 Å². The molecule has 0 radical (unpaired) electrons. The van der Waals surface area contributed by atoms with Crippen molar-refractivity contribution in [1.82, 2.24) is 15.1 Å². The zero-order valence-electron chi connectivity index (χ0n) is 5.94. The number of hydrogen-bond donors (Lipinski definition) is 0. The first-order valence-corrected chi connectivity index (χ1v) is 3.63. The van der Waals surface area contributed by atoms with E-state index in [0.717, 1.165) is 0 Å². The number of hydrogen-bond acceptors (Lipinski definition) is 4. The van der Waals surface area contributed by atoms with Gasteiger partial charge in [0.25, 0.3) is 0 Å². The van der Waals surface area contributed by atoms with E-state index in [2.05, 4.69) is 19.6 Å². The van der Waals surface area contributed by atoms with E-state index < -0.39 is 0 Å². The molecule has 4 nitrogen and oxygen atoms in total. The van der Waals surface area contributed by atoms with E-state index in [1.807, 2.05) is 0 Å². The minimum absolute atomic E-state index is 0.403. The first-order chi connectivity index (χ1) is 5.88. The van der Waals surface area contributed by atoms with Crippen molar-refractivity contribution in [2.45, 2.75) is 0 Å². The molecule has 0 fully saturated rings. The molecule has 2 aromatic heterocycles. The van der Waals surface area contributed by atoms with Gasteiger partial charge in [0.2, 0.25) is 12.2 Å². The molecule has 0 saturated carbocycles. The standard InChI is InChI=1S/C7H4ClN3O/c8-5-2-1-3-9-6(5)7-10-4-12-11-7/h1-4H. The van der Waals surface area contributed by atoms with E-state index in [4.69, 9.17) is 11.6 Å². The molecule has 0 aromatic carbocycles. The highest BCUT2D eigenvalue weighted by molar-refractivity contribution is 6.32. The summed E-state index contributed by atoms with van der Waals surface area (Å²) < 4.78 is 4.56. The fraction of sp³-hybridized carbons (Fsp3) is 0. The molecule has 0 aliphatic carbocycles. The Hall–Kier alpha value is -1.42. The fourth-order valence-corrected chi connectivity index (χ4v) is 1.03. The number of aromatic nitrogens is 3. The summed E-state index contributed by atoms with van der Waals surface area (Å²) >= 11 is 5.83. The second-order valence-electron chi connectivity index (χ2n) is 2.09. The van der Waals surface area contributed by atoms with Crippen molar-refractivity contribution in [3.63, 3.8) is 0 Å². The molecule has 0 spiro atoms. The SMILES string of the molecule is Clc1cccnc1-c1ncon1. The summed E-state index contributed by atoms with van der Waals surface area (Å²) in [4.78, 5) is 7.83. The lowest BCUT2D eigenvalue weighted by Crippen LogP contribution is -1.85. The molecule has 60 valence electrons. The highest BCUT2D eigenvalue weighted by atomic mass is 35.5. The van der Waals surface area contributed by atoms with Crippen molar-refractivity contribution in [2.24, 2.45) is 0 Å². The van der Waals surface area contributed by atoms with Crippen molar-refractivity contribution in [2.75, 3.05) is 0 Å². The van der Waals surface area contributed by atoms with Crippen LogP contribution in [0.4, 0.5) is 0 Å². The first-order valence-electron chi connectivity index (χ1n) is 3.25. The summed E-state index contributed by atoms with van der Waals surface area (Å²) in [5, 5.41) is 4.13. The second kappa shape index (κ2) is 2.91. The van der Waals surface area contributed by atoms with Gasteiger partial charge in [0.05, 0.1) is 5.02 Å². The van der Waals surface area contributed by atoms with E-state index in [-0.39, 0.29) is 0 Å². The monoisotopic (exact) mass is 181 g/mol. The fourth-order valence-electron chi connectivity index (χ4n) is 0.825. The molecular weight excluding hydrogens is 178 g/mol.